The SMILES string of the molecule is O=c1[nH]c(O)c(/C=c2\cnn3c(=NC4CC4)cc(Nc4ccccc4Cl)nc23)[nH]1. The first-order valence-corrected chi connectivity index (χ1v) is 9.42. The van der Waals surface area contributed by atoms with Crippen LogP contribution in [0.25, 0.3) is 11.7 Å². The number of aromatic hydroxyl groups is 1. The molecule has 0 amide bonds. The van der Waals surface area contributed by atoms with Crippen LogP contribution in [-0.2, 0) is 0 Å². The van der Waals surface area contributed by atoms with Crippen LogP contribution in [0.2, 0.25) is 5.02 Å². The van der Waals surface area contributed by atoms with Crippen LogP contribution in [0.5, 0.6) is 5.88 Å². The average Bonchev–Trinajstić information content (AvgIpc) is 3.33. The Morgan fingerprint density at radius 2 is 2.14 bits per heavy atom. The zero-order valence-corrected chi connectivity index (χ0v) is 15.8. The molecule has 1 aromatic carbocycles. The van der Waals surface area contributed by atoms with E-state index >= 15 is 0 Å². The van der Waals surface area contributed by atoms with Crippen molar-refractivity contribution in [1.29, 1.82) is 0 Å². The summed E-state index contributed by atoms with van der Waals surface area (Å²) in [6.07, 6.45) is 5.31. The van der Waals surface area contributed by atoms with Crippen LogP contribution in [0.3, 0.4) is 0 Å². The van der Waals surface area contributed by atoms with Crippen molar-refractivity contribution in [2.45, 2.75) is 18.9 Å². The molecule has 0 saturated heterocycles. The molecule has 10 heteroatoms. The molecule has 0 bridgehead atoms. The Bertz CT molecular complexity index is 1400. The minimum Gasteiger partial charge on any atom is -0.493 e. The second kappa shape index (κ2) is 6.78. The summed E-state index contributed by atoms with van der Waals surface area (Å²) in [5.74, 6) is 0.314. The first kappa shape index (κ1) is 17.5. The molecule has 9 nitrogen and oxygen atoms in total. The number of rotatable bonds is 4. The van der Waals surface area contributed by atoms with Crippen molar-refractivity contribution in [3.05, 3.63) is 68.4 Å². The summed E-state index contributed by atoms with van der Waals surface area (Å²) in [5.41, 5.74) is 1.67. The van der Waals surface area contributed by atoms with Crippen LogP contribution >= 0.6 is 11.6 Å². The Morgan fingerprint density at radius 3 is 2.86 bits per heavy atom. The number of nitrogens with zero attached hydrogens (tertiary/aromatic N) is 4. The van der Waals surface area contributed by atoms with E-state index in [0.29, 0.717) is 27.2 Å². The van der Waals surface area contributed by atoms with Crippen molar-refractivity contribution >= 4 is 34.8 Å². The second-order valence-electron chi connectivity index (χ2n) is 6.79. The number of aromatic amines is 2. The Balaban J connectivity index is 1.70. The maximum absolute atomic E-state index is 11.4. The van der Waals surface area contributed by atoms with Crippen LogP contribution in [0.4, 0.5) is 11.5 Å². The molecule has 3 heterocycles. The number of aromatic nitrogens is 5. The zero-order valence-electron chi connectivity index (χ0n) is 15.1. The number of nitrogens with one attached hydrogen (secondary N) is 3. The van der Waals surface area contributed by atoms with Gasteiger partial charge in [-0.25, -0.2) is 9.78 Å². The molecule has 1 aliphatic carbocycles. The first-order valence-electron chi connectivity index (χ1n) is 9.04. The number of H-pyrrole nitrogens is 2. The highest BCUT2D eigenvalue weighted by atomic mass is 35.5. The van der Waals surface area contributed by atoms with Crippen LogP contribution < -0.4 is 21.7 Å². The predicted octanol–water partition coefficient (Wildman–Crippen LogP) is 1.46. The lowest BCUT2D eigenvalue weighted by Crippen LogP contribution is -2.19. The quantitative estimate of drug-likeness (QED) is 0.406. The van der Waals surface area contributed by atoms with E-state index < -0.39 is 5.69 Å². The average molecular weight is 410 g/mol. The number of hydrogen-bond donors (Lipinski definition) is 4. The van der Waals surface area contributed by atoms with Crippen LogP contribution in [-0.4, -0.2) is 35.7 Å². The van der Waals surface area contributed by atoms with Gasteiger partial charge in [0.1, 0.15) is 11.5 Å². The molecule has 29 heavy (non-hydrogen) atoms. The second-order valence-corrected chi connectivity index (χ2v) is 7.19. The van der Waals surface area contributed by atoms with Gasteiger partial charge in [0.2, 0.25) is 5.88 Å². The number of fused-ring (bicyclic) bond motifs is 1. The van der Waals surface area contributed by atoms with Gasteiger partial charge in [-0.05, 0) is 31.1 Å². The molecular weight excluding hydrogens is 394 g/mol. The Labute approximate surface area is 168 Å². The lowest BCUT2D eigenvalue weighted by atomic mass is 10.3. The summed E-state index contributed by atoms with van der Waals surface area (Å²) >= 11 is 6.26. The normalized spacial score (nSPS) is 15.3. The smallest absolute Gasteiger partial charge is 0.326 e. The van der Waals surface area contributed by atoms with Crippen LogP contribution in [0.15, 0.2) is 46.3 Å². The molecule has 0 atom stereocenters. The molecule has 0 spiro atoms. The molecule has 0 unspecified atom stereocenters. The van der Waals surface area contributed by atoms with E-state index in [1.807, 2.05) is 24.3 Å². The van der Waals surface area contributed by atoms with Gasteiger partial charge in [-0.2, -0.15) is 9.61 Å². The van der Waals surface area contributed by atoms with Gasteiger partial charge in [0.15, 0.2) is 11.1 Å². The number of anilines is 2. The third kappa shape index (κ3) is 3.47. The van der Waals surface area contributed by atoms with Crippen molar-refractivity contribution in [3.63, 3.8) is 0 Å². The molecule has 1 fully saturated rings. The summed E-state index contributed by atoms with van der Waals surface area (Å²) in [5, 5.41) is 18.7. The minimum absolute atomic E-state index is 0.247. The lowest BCUT2D eigenvalue weighted by molar-refractivity contribution is 0.454. The monoisotopic (exact) mass is 409 g/mol. The van der Waals surface area contributed by atoms with E-state index in [2.05, 4.69) is 25.4 Å². The highest BCUT2D eigenvalue weighted by molar-refractivity contribution is 6.33. The fourth-order valence-corrected chi connectivity index (χ4v) is 3.14. The summed E-state index contributed by atoms with van der Waals surface area (Å²) in [7, 11) is 0. The van der Waals surface area contributed by atoms with Gasteiger partial charge in [0, 0.05) is 11.3 Å². The third-order valence-corrected chi connectivity index (χ3v) is 4.84. The highest BCUT2D eigenvalue weighted by Crippen LogP contribution is 2.24. The fraction of sp³-hybridized carbons (Fsp3) is 0.158. The molecule has 4 aromatic rings. The van der Waals surface area contributed by atoms with Gasteiger partial charge in [0.25, 0.3) is 0 Å². The molecule has 5 rings (SSSR count). The van der Waals surface area contributed by atoms with E-state index in [1.165, 1.54) is 0 Å². The molecular formula is C19H16ClN7O2. The summed E-state index contributed by atoms with van der Waals surface area (Å²) in [4.78, 5) is 25.6. The van der Waals surface area contributed by atoms with Crippen molar-refractivity contribution in [1.82, 2.24) is 24.6 Å². The minimum atomic E-state index is -0.497. The van der Waals surface area contributed by atoms with Crippen molar-refractivity contribution in [2.24, 2.45) is 4.99 Å². The topological polar surface area (TPSA) is 123 Å². The Kier molecular flexibility index (Phi) is 4.09. The molecule has 3 aromatic heterocycles. The fourth-order valence-electron chi connectivity index (χ4n) is 2.96. The van der Waals surface area contributed by atoms with Gasteiger partial charge in [-0.15, -0.1) is 0 Å². The van der Waals surface area contributed by atoms with Crippen molar-refractivity contribution in [3.8, 4) is 5.88 Å². The number of para-hydroxylation sites is 1. The van der Waals surface area contributed by atoms with E-state index in [9.17, 15) is 9.90 Å². The first-order chi connectivity index (χ1) is 14.1. The van der Waals surface area contributed by atoms with Crippen LogP contribution in [0.1, 0.15) is 18.5 Å². The summed E-state index contributed by atoms with van der Waals surface area (Å²) < 4.78 is 1.64. The van der Waals surface area contributed by atoms with Gasteiger partial charge >= 0.3 is 5.69 Å². The van der Waals surface area contributed by atoms with Gasteiger partial charge in [-0.3, -0.25) is 9.98 Å². The molecule has 146 valence electrons. The molecule has 0 radical (unpaired) electrons. The number of hydrogen-bond acceptors (Lipinski definition) is 6. The number of imidazole rings is 1. The Hall–Kier alpha value is -3.59. The molecule has 4 N–H and O–H groups in total. The zero-order chi connectivity index (χ0) is 20.0. The molecule has 0 aliphatic heterocycles. The predicted molar refractivity (Wildman–Crippen MR) is 108 cm³/mol. The van der Waals surface area contributed by atoms with Gasteiger partial charge in [-0.1, -0.05) is 23.7 Å². The van der Waals surface area contributed by atoms with E-state index in [0.717, 1.165) is 18.5 Å². The number of benzene rings is 1. The lowest BCUT2D eigenvalue weighted by Gasteiger charge is -2.08. The highest BCUT2D eigenvalue weighted by Gasteiger charge is 2.20. The number of halogens is 1. The van der Waals surface area contributed by atoms with Crippen LogP contribution in [0, 0.1) is 0 Å². The third-order valence-electron chi connectivity index (χ3n) is 4.51. The molecule has 1 aliphatic rings. The largest absolute Gasteiger partial charge is 0.493 e. The maximum Gasteiger partial charge on any atom is 0.326 e. The van der Waals surface area contributed by atoms with Gasteiger partial charge in [0.05, 0.1) is 22.9 Å². The van der Waals surface area contributed by atoms with Crippen molar-refractivity contribution in [2.75, 3.05) is 5.32 Å². The van der Waals surface area contributed by atoms with Gasteiger partial charge < -0.3 is 15.4 Å². The van der Waals surface area contributed by atoms with Crippen molar-refractivity contribution < 1.29 is 5.11 Å². The van der Waals surface area contributed by atoms with E-state index in [1.54, 1.807) is 22.9 Å². The summed E-state index contributed by atoms with van der Waals surface area (Å²) in [6, 6.07) is 9.49. The van der Waals surface area contributed by atoms with E-state index in [4.69, 9.17) is 16.6 Å². The summed E-state index contributed by atoms with van der Waals surface area (Å²) in [6.45, 7) is 0. The standard InChI is InChI=1S/C19H16ClN7O2/c20-12-3-1-2-4-13(12)23-15-8-16(22-11-5-6-11)27-17(25-15)10(9-21-27)7-14-18(28)26-19(29)24-14/h1-4,7-9,11,23,28H,5-6H2,(H2,24,26,29)/b10-7+,22-16?. The Morgan fingerprint density at radius 1 is 1.31 bits per heavy atom. The molecule has 1 saturated carbocycles. The maximum atomic E-state index is 11.4. The van der Waals surface area contributed by atoms with E-state index in [-0.39, 0.29) is 17.6 Å².